The fourth-order valence-corrected chi connectivity index (χ4v) is 5.82. The lowest BCUT2D eigenvalue weighted by Gasteiger charge is -2.35. The van der Waals surface area contributed by atoms with Gasteiger partial charge in [0.25, 0.3) is 0 Å². The largest absolute Gasteiger partial charge is 0.497 e. The Morgan fingerprint density at radius 2 is 1.71 bits per heavy atom. The second-order valence-electron chi connectivity index (χ2n) is 6.50. The van der Waals surface area contributed by atoms with Gasteiger partial charge in [0.1, 0.15) is 5.75 Å². The van der Waals surface area contributed by atoms with Crippen LogP contribution in [0.5, 0.6) is 5.75 Å². The molecule has 0 bridgehead atoms. The number of aromatic amines is 2. The maximum atomic E-state index is 13.2. The predicted molar refractivity (Wildman–Crippen MR) is 111 cm³/mol. The number of imidazole rings is 1. The SMILES string of the molecule is COc1cccc(N2CCN(S(=O)(=O)c3cc4[nH]c(=O)[nH]c4cc3Br)CC2)c1. The number of methoxy groups -OCH3 is 1. The Labute approximate surface area is 170 Å². The molecule has 0 spiro atoms. The molecule has 1 aliphatic heterocycles. The van der Waals surface area contributed by atoms with Crippen LogP contribution in [0.3, 0.4) is 0 Å². The Morgan fingerprint density at radius 3 is 2.39 bits per heavy atom. The van der Waals surface area contributed by atoms with Crippen molar-refractivity contribution in [3.05, 3.63) is 51.4 Å². The topological polar surface area (TPSA) is 98.5 Å². The minimum Gasteiger partial charge on any atom is -0.497 e. The van der Waals surface area contributed by atoms with Gasteiger partial charge in [-0.3, -0.25) is 0 Å². The third-order valence-electron chi connectivity index (χ3n) is 4.84. The van der Waals surface area contributed by atoms with E-state index in [1.807, 2.05) is 24.3 Å². The lowest BCUT2D eigenvalue weighted by atomic mass is 10.2. The molecule has 3 aromatic rings. The predicted octanol–water partition coefficient (Wildman–Crippen LogP) is 2.14. The van der Waals surface area contributed by atoms with E-state index in [2.05, 4.69) is 30.8 Å². The van der Waals surface area contributed by atoms with Crippen molar-refractivity contribution in [3.8, 4) is 5.75 Å². The Morgan fingerprint density at radius 1 is 1.04 bits per heavy atom. The molecule has 8 nitrogen and oxygen atoms in total. The number of halogens is 1. The van der Waals surface area contributed by atoms with Crippen LogP contribution >= 0.6 is 15.9 Å². The van der Waals surface area contributed by atoms with Crippen molar-refractivity contribution in [3.63, 3.8) is 0 Å². The maximum Gasteiger partial charge on any atom is 0.323 e. The lowest BCUT2D eigenvalue weighted by molar-refractivity contribution is 0.384. The molecule has 1 aliphatic rings. The number of sulfonamides is 1. The van der Waals surface area contributed by atoms with E-state index in [1.54, 1.807) is 13.2 Å². The molecule has 1 fully saturated rings. The first-order chi connectivity index (χ1) is 13.4. The first kappa shape index (κ1) is 19.0. The van der Waals surface area contributed by atoms with E-state index in [9.17, 15) is 13.2 Å². The number of hydrogen-bond acceptors (Lipinski definition) is 5. The van der Waals surface area contributed by atoms with Gasteiger partial charge in [0.05, 0.1) is 23.0 Å². The first-order valence-corrected chi connectivity index (χ1v) is 10.9. The van der Waals surface area contributed by atoms with E-state index in [0.29, 0.717) is 41.7 Å². The highest BCUT2D eigenvalue weighted by Crippen LogP contribution is 2.30. The van der Waals surface area contributed by atoms with Crippen LogP contribution in [0.15, 0.2) is 50.6 Å². The molecule has 1 saturated heterocycles. The standard InChI is InChI=1S/C18H19BrN4O4S/c1-27-13-4-2-3-12(9-13)22-5-7-23(8-6-22)28(25,26)17-11-16-15(10-14(17)19)20-18(24)21-16/h2-4,9-11H,5-8H2,1H3,(H2,20,21,24). The summed E-state index contributed by atoms with van der Waals surface area (Å²) in [6, 6.07) is 10.8. The molecule has 28 heavy (non-hydrogen) atoms. The Hall–Kier alpha value is -2.30. The molecule has 2 heterocycles. The summed E-state index contributed by atoms with van der Waals surface area (Å²) in [7, 11) is -2.07. The summed E-state index contributed by atoms with van der Waals surface area (Å²) in [6.45, 7) is 1.89. The number of fused-ring (bicyclic) bond motifs is 1. The quantitative estimate of drug-likeness (QED) is 0.613. The van der Waals surface area contributed by atoms with Gasteiger partial charge in [0.15, 0.2) is 0 Å². The van der Waals surface area contributed by atoms with Crippen LogP contribution in [0.25, 0.3) is 11.0 Å². The van der Waals surface area contributed by atoms with Crippen LogP contribution in [0.4, 0.5) is 5.69 Å². The molecule has 0 aliphatic carbocycles. The second-order valence-corrected chi connectivity index (χ2v) is 9.26. The Kier molecular flexibility index (Phi) is 4.94. The van der Waals surface area contributed by atoms with Crippen LogP contribution in [0, 0.1) is 0 Å². The number of aromatic nitrogens is 2. The summed E-state index contributed by atoms with van der Waals surface area (Å²) in [6.07, 6.45) is 0. The average molecular weight is 467 g/mol. The normalized spacial score (nSPS) is 15.9. The maximum absolute atomic E-state index is 13.2. The molecule has 2 aromatic carbocycles. The number of piperazine rings is 1. The molecule has 0 atom stereocenters. The van der Waals surface area contributed by atoms with Gasteiger partial charge < -0.3 is 19.6 Å². The number of nitrogens with one attached hydrogen (secondary N) is 2. The van der Waals surface area contributed by atoms with Crippen LogP contribution in [-0.4, -0.2) is 56.0 Å². The van der Waals surface area contributed by atoms with Gasteiger partial charge in [0.2, 0.25) is 10.0 Å². The monoisotopic (exact) mass is 466 g/mol. The summed E-state index contributed by atoms with van der Waals surface area (Å²) in [5.74, 6) is 0.769. The molecule has 0 radical (unpaired) electrons. The third kappa shape index (κ3) is 3.43. The molecular formula is C18H19BrN4O4S. The van der Waals surface area contributed by atoms with E-state index in [1.165, 1.54) is 10.4 Å². The zero-order valence-corrected chi connectivity index (χ0v) is 17.5. The van der Waals surface area contributed by atoms with Crippen molar-refractivity contribution >= 4 is 42.7 Å². The van der Waals surface area contributed by atoms with Crippen LogP contribution in [0.1, 0.15) is 0 Å². The number of hydrogen-bond donors (Lipinski definition) is 2. The van der Waals surface area contributed by atoms with Crippen LogP contribution < -0.4 is 15.3 Å². The lowest BCUT2D eigenvalue weighted by Crippen LogP contribution is -2.48. The van der Waals surface area contributed by atoms with Gasteiger partial charge in [0, 0.05) is 42.4 Å². The average Bonchev–Trinajstić information content (AvgIpc) is 3.06. The van der Waals surface area contributed by atoms with Gasteiger partial charge in [-0.25, -0.2) is 13.2 Å². The molecular weight excluding hydrogens is 448 g/mol. The van der Waals surface area contributed by atoms with Gasteiger partial charge in [-0.1, -0.05) is 6.07 Å². The second kappa shape index (κ2) is 7.26. The van der Waals surface area contributed by atoms with Crippen molar-refractivity contribution in [1.82, 2.24) is 14.3 Å². The highest BCUT2D eigenvalue weighted by molar-refractivity contribution is 9.10. The van der Waals surface area contributed by atoms with Gasteiger partial charge >= 0.3 is 5.69 Å². The van der Waals surface area contributed by atoms with Gasteiger partial charge in [-0.05, 0) is 40.2 Å². The van der Waals surface area contributed by atoms with Crippen molar-refractivity contribution in [2.75, 3.05) is 38.2 Å². The first-order valence-electron chi connectivity index (χ1n) is 8.69. The molecule has 0 saturated carbocycles. The van der Waals surface area contributed by atoms with Crippen molar-refractivity contribution < 1.29 is 13.2 Å². The summed E-state index contributed by atoms with van der Waals surface area (Å²) in [4.78, 5) is 19.0. The third-order valence-corrected chi connectivity index (χ3v) is 7.70. The summed E-state index contributed by atoms with van der Waals surface area (Å²) in [5.41, 5.74) is 1.65. The number of ether oxygens (including phenoxy) is 1. The van der Waals surface area contributed by atoms with Crippen molar-refractivity contribution in [2.24, 2.45) is 0 Å². The molecule has 4 rings (SSSR count). The smallest absolute Gasteiger partial charge is 0.323 e. The van der Waals surface area contributed by atoms with E-state index in [-0.39, 0.29) is 10.6 Å². The van der Waals surface area contributed by atoms with E-state index >= 15 is 0 Å². The van der Waals surface area contributed by atoms with Crippen molar-refractivity contribution in [2.45, 2.75) is 4.90 Å². The molecule has 0 unspecified atom stereocenters. The zero-order chi connectivity index (χ0) is 19.9. The highest BCUT2D eigenvalue weighted by atomic mass is 79.9. The Bertz CT molecular complexity index is 1180. The minimum absolute atomic E-state index is 0.144. The number of H-pyrrole nitrogens is 2. The van der Waals surface area contributed by atoms with E-state index in [0.717, 1.165) is 11.4 Å². The number of rotatable bonds is 4. The fourth-order valence-electron chi connectivity index (χ4n) is 3.37. The molecule has 1 aromatic heterocycles. The molecule has 2 N–H and O–H groups in total. The summed E-state index contributed by atoms with van der Waals surface area (Å²) < 4.78 is 33.5. The molecule has 148 valence electrons. The fraction of sp³-hybridized carbons (Fsp3) is 0.278. The van der Waals surface area contributed by atoms with Crippen LogP contribution in [-0.2, 0) is 10.0 Å². The molecule has 0 amide bonds. The summed E-state index contributed by atoms with van der Waals surface area (Å²) >= 11 is 3.33. The van der Waals surface area contributed by atoms with Gasteiger partial charge in [-0.15, -0.1) is 0 Å². The summed E-state index contributed by atoms with van der Waals surface area (Å²) in [5, 5.41) is 0. The van der Waals surface area contributed by atoms with E-state index < -0.39 is 10.0 Å². The number of anilines is 1. The Balaban J connectivity index is 1.56. The highest BCUT2D eigenvalue weighted by Gasteiger charge is 2.30. The van der Waals surface area contributed by atoms with Crippen LogP contribution in [0.2, 0.25) is 0 Å². The minimum atomic E-state index is -3.69. The molecule has 10 heteroatoms. The number of benzene rings is 2. The van der Waals surface area contributed by atoms with Crippen molar-refractivity contribution in [1.29, 1.82) is 0 Å². The van der Waals surface area contributed by atoms with E-state index in [4.69, 9.17) is 4.74 Å². The van der Waals surface area contributed by atoms with Gasteiger partial charge in [-0.2, -0.15) is 4.31 Å². The zero-order valence-electron chi connectivity index (χ0n) is 15.1. The number of nitrogens with zero attached hydrogens (tertiary/aromatic N) is 2.